The second-order valence-corrected chi connectivity index (χ2v) is 5.27. The van der Waals surface area contributed by atoms with Gasteiger partial charge >= 0.3 is 0 Å². The lowest BCUT2D eigenvalue weighted by atomic mass is 10.0. The molecule has 2 aromatic rings. The number of halogens is 2. The minimum absolute atomic E-state index is 0.788. The molecule has 16 heavy (non-hydrogen) atoms. The molecule has 0 unspecified atom stereocenters. The largest absolute Gasteiger partial charge is 0.169 e. The van der Waals surface area contributed by atoms with E-state index in [9.17, 15) is 0 Å². The molecule has 82 valence electrons. The first kappa shape index (κ1) is 11.8. The Balaban J connectivity index is 2.51. The lowest BCUT2D eigenvalue weighted by Gasteiger charge is -2.22. The lowest BCUT2D eigenvalue weighted by Crippen LogP contribution is -2.12. The van der Waals surface area contributed by atoms with Gasteiger partial charge in [-0.25, -0.2) is 0 Å². The number of hydrogen-bond acceptors (Lipinski definition) is 1. The van der Waals surface area contributed by atoms with Crippen molar-refractivity contribution in [1.82, 2.24) is 0 Å². The Morgan fingerprint density at radius 1 is 0.812 bits per heavy atom. The van der Waals surface area contributed by atoms with Gasteiger partial charge in [0.2, 0.25) is 0 Å². The van der Waals surface area contributed by atoms with E-state index < -0.39 is 4.33 Å². The molecule has 0 heterocycles. The molecule has 0 saturated carbocycles. The summed E-state index contributed by atoms with van der Waals surface area (Å²) in [6.07, 6.45) is 0. The third-order valence-corrected chi connectivity index (χ3v) is 3.61. The summed E-state index contributed by atoms with van der Waals surface area (Å²) < 4.78 is -1.06. The summed E-state index contributed by atoms with van der Waals surface area (Å²) in [5.74, 6) is 0. The molecule has 0 bridgehead atoms. The Hall–Kier alpha value is -0.630. The van der Waals surface area contributed by atoms with Crippen molar-refractivity contribution in [3.63, 3.8) is 0 Å². The highest BCUT2D eigenvalue weighted by atomic mass is 35.5. The molecule has 3 heteroatoms. The van der Waals surface area contributed by atoms with Crippen molar-refractivity contribution in [3.8, 4) is 0 Å². The molecule has 0 fully saturated rings. The molecule has 0 aliphatic carbocycles. The van der Waals surface area contributed by atoms with E-state index in [0.717, 1.165) is 16.0 Å². The Morgan fingerprint density at radius 3 is 2.00 bits per heavy atom. The van der Waals surface area contributed by atoms with Gasteiger partial charge in [0.15, 0.2) is 4.33 Å². The van der Waals surface area contributed by atoms with Crippen LogP contribution in [-0.4, -0.2) is 0 Å². The zero-order valence-corrected chi connectivity index (χ0v) is 10.8. The summed E-state index contributed by atoms with van der Waals surface area (Å²) in [7, 11) is 0. The molecular formula is C13H10Cl2S. The van der Waals surface area contributed by atoms with Gasteiger partial charge in [0.25, 0.3) is 0 Å². The summed E-state index contributed by atoms with van der Waals surface area (Å²) in [6, 6.07) is 17.1. The summed E-state index contributed by atoms with van der Waals surface area (Å²) in [6.45, 7) is 0. The first-order chi connectivity index (χ1) is 7.62. The minimum Gasteiger partial charge on any atom is -0.143 e. The van der Waals surface area contributed by atoms with E-state index in [0.29, 0.717) is 0 Å². The highest BCUT2D eigenvalue weighted by Gasteiger charge is 2.30. The number of rotatable bonds is 2. The van der Waals surface area contributed by atoms with E-state index in [1.54, 1.807) is 0 Å². The summed E-state index contributed by atoms with van der Waals surface area (Å²) in [5, 5.41) is 0. The third kappa shape index (κ3) is 2.22. The maximum absolute atomic E-state index is 6.41. The highest BCUT2D eigenvalue weighted by Crippen LogP contribution is 2.42. The number of alkyl halides is 2. The highest BCUT2D eigenvalue weighted by molar-refractivity contribution is 7.80. The van der Waals surface area contributed by atoms with Crippen LogP contribution >= 0.6 is 35.8 Å². The van der Waals surface area contributed by atoms with Gasteiger partial charge in [0.1, 0.15) is 0 Å². The monoisotopic (exact) mass is 268 g/mol. The maximum Gasteiger partial charge on any atom is 0.169 e. The van der Waals surface area contributed by atoms with E-state index >= 15 is 0 Å². The van der Waals surface area contributed by atoms with E-state index in [-0.39, 0.29) is 0 Å². The topological polar surface area (TPSA) is 0 Å². The zero-order valence-electron chi connectivity index (χ0n) is 8.40. The van der Waals surface area contributed by atoms with Crippen molar-refractivity contribution >= 4 is 35.8 Å². The molecule has 0 aliphatic heterocycles. The zero-order chi connectivity index (χ0) is 11.6. The van der Waals surface area contributed by atoms with Crippen LogP contribution in [0.25, 0.3) is 0 Å². The number of benzene rings is 2. The molecule has 0 saturated heterocycles. The van der Waals surface area contributed by atoms with Gasteiger partial charge in [-0.2, -0.15) is 0 Å². The van der Waals surface area contributed by atoms with Crippen LogP contribution < -0.4 is 0 Å². The van der Waals surface area contributed by atoms with E-state index in [1.165, 1.54) is 0 Å². The molecule has 0 spiro atoms. The Labute approximate surface area is 111 Å². The van der Waals surface area contributed by atoms with Crippen molar-refractivity contribution < 1.29 is 0 Å². The van der Waals surface area contributed by atoms with Crippen LogP contribution in [0.1, 0.15) is 11.1 Å². The standard InChI is InChI=1S/C13H10Cl2S/c14-13(15,10-6-2-1-3-7-10)11-8-4-5-9-12(11)16/h1-9,16H. The summed E-state index contributed by atoms with van der Waals surface area (Å²) >= 11 is 17.2. The van der Waals surface area contributed by atoms with Crippen molar-refractivity contribution in [2.75, 3.05) is 0 Å². The van der Waals surface area contributed by atoms with Crippen LogP contribution in [-0.2, 0) is 4.33 Å². The van der Waals surface area contributed by atoms with Gasteiger partial charge in [-0.05, 0) is 11.6 Å². The fourth-order valence-corrected chi connectivity index (χ4v) is 2.58. The number of thiol groups is 1. The van der Waals surface area contributed by atoms with Gasteiger partial charge in [0.05, 0.1) is 0 Å². The molecule has 0 aromatic heterocycles. The molecule has 0 N–H and O–H groups in total. The quantitative estimate of drug-likeness (QED) is 0.595. The average molecular weight is 269 g/mol. The average Bonchev–Trinajstić information content (AvgIpc) is 2.30. The summed E-state index contributed by atoms with van der Waals surface area (Å²) in [5.41, 5.74) is 1.65. The molecule has 0 atom stereocenters. The predicted octanol–water partition coefficient (Wildman–Crippen LogP) is 4.65. The van der Waals surface area contributed by atoms with Crippen LogP contribution in [0.2, 0.25) is 0 Å². The van der Waals surface area contributed by atoms with E-state index in [4.69, 9.17) is 23.2 Å². The Kier molecular flexibility index (Phi) is 3.48. The lowest BCUT2D eigenvalue weighted by molar-refractivity contribution is 0.997. The van der Waals surface area contributed by atoms with Gasteiger partial charge in [0, 0.05) is 10.5 Å². The van der Waals surface area contributed by atoms with Crippen molar-refractivity contribution in [3.05, 3.63) is 65.7 Å². The van der Waals surface area contributed by atoms with E-state index in [2.05, 4.69) is 12.6 Å². The van der Waals surface area contributed by atoms with Crippen LogP contribution in [0.15, 0.2) is 59.5 Å². The fraction of sp³-hybridized carbons (Fsp3) is 0.0769. The van der Waals surface area contributed by atoms with Crippen LogP contribution in [0.3, 0.4) is 0 Å². The molecule has 0 aliphatic rings. The van der Waals surface area contributed by atoms with Crippen molar-refractivity contribution in [2.45, 2.75) is 9.23 Å². The van der Waals surface area contributed by atoms with Crippen molar-refractivity contribution in [1.29, 1.82) is 0 Å². The fourth-order valence-electron chi connectivity index (χ4n) is 1.54. The van der Waals surface area contributed by atoms with Gasteiger partial charge < -0.3 is 0 Å². The maximum atomic E-state index is 6.41. The van der Waals surface area contributed by atoms with Gasteiger partial charge in [-0.3, -0.25) is 0 Å². The van der Waals surface area contributed by atoms with Gasteiger partial charge in [-0.15, -0.1) is 12.6 Å². The summed E-state index contributed by atoms with van der Waals surface area (Å²) in [4.78, 5) is 0.788. The molecule has 0 nitrogen and oxygen atoms in total. The first-order valence-electron chi connectivity index (χ1n) is 4.84. The Bertz CT molecular complexity index is 480. The molecule has 0 amide bonds. The van der Waals surface area contributed by atoms with Crippen LogP contribution in [0, 0.1) is 0 Å². The molecule has 2 aromatic carbocycles. The second-order valence-electron chi connectivity index (χ2n) is 3.46. The molecular weight excluding hydrogens is 259 g/mol. The SMILES string of the molecule is Sc1ccccc1C(Cl)(Cl)c1ccccc1. The normalized spacial score (nSPS) is 11.4. The van der Waals surface area contributed by atoms with Crippen LogP contribution in [0.4, 0.5) is 0 Å². The Morgan fingerprint density at radius 2 is 1.38 bits per heavy atom. The first-order valence-corrected chi connectivity index (χ1v) is 6.04. The molecule has 2 rings (SSSR count). The van der Waals surface area contributed by atoms with E-state index in [1.807, 2.05) is 54.6 Å². The third-order valence-electron chi connectivity index (χ3n) is 2.38. The minimum atomic E-state index is -1.06. The second kappa shape index (κ2) is 4.70. The smallest absolute Gasteiger partial charge is 0.143 e. The molecule has 0 radical (unpaired) electrons. The van der Waals surface area contributed by atoms with Gasteiger partial charge in [-0.1, -0.05) is 71.7 Å². The van der Waals surface area contributed by atoms with Crippen LogP contribution in [0.5, 0.6) is 0 Å². The number of hydrogen-bond donors (Lipinski definition) is 1. The van der Waals surface area contributed by atoms with Crippen molar-refractivity contribution in [2.24, 2.45) is 0 Å². The predicted molar refractivity (Wildman–Crippen MR) is 72.6 cm³/mol.